The third-order valence-corrected chi connectivity index (χ3v) is 4.82. The Morgan fingerprint density at radius 2 is 1.54 bits per heavy atom. The zero-order valence-electron chi connectivity index (χ0n) is 13.1. The second-order valence-corrected chi connectivity index (χ2v) is 6.47. The molecule has 0 unspecified atom stereocenters. The van der Waals surface area contributed by atoms with Gasteiger partial charge in [-0.1, -0.05) is 48.5 Å². The number of aromatic nitrogens is 1. The first-order valence-corrected chi connectivity index (χ1v) is 8.64. The summed E-state index contributed by atoms with van der Waals surface area (Å²) in [6.45, 7) is 0.500. The Morgan fingerprint density at radius 3 is 2.21 bits per heavy atom. The van der Waals surface area contributed by atoms with Crippen LogP contribution in [0.4, 0.5) is 0 Å². The molecule has 3 aromatic rings. The van der Waals surface area contributed by atoms with Gasteiger partial charge in [0.1, 0.15) is 5.25 Å². The van der Waals surface area contributed by atoms with E-state index in [0.717, 1.165) is 16.0 Å². The minimum Gasteiger partial charge on any atom is -0.351 e. The Labute approximate surface area is 146 Å². The molecule has 1 aromatic heterocycles. The highest BCUT2D eigenvalue weighted by atomic mass is 32.2. The van der Waals surface area contributed by atoms with Crippen molar-refractivity contribution in [2.24, 2.45) is 0 Å². The average molecular weight is 334 g/mol. The van der Waals surface area contributed by atoms with Gasteiger partial charge in [0, 0.05) is 23.8 Å². The van der Waals surface area contributed by atoms with Gasteiger partial charge in [-0.05, 0) is 35.4 Å². The predicted octanol–water partition coefficient (Wildman–Crippen LogP) is 4.23. The van der Waals surface area contributed by atoms with Gasteiger partial charge in [0.2, 0.25) is 5.91 Å². The number of amides is 1. The number of thioether (sulfide) groups is 1. The SMILES string of the molecule is O=C(NCc1ccncc1)[C@@H](Sc1ccccc1)c1ccccc1. The van der Waals surface area contributed by atoms with Crippen LogP contribution in [-0.2, 0) is 11.3 Å². The maximum Gasteiger partial charge on any atom is 0.238 e. The van der Waals surface area contributed by atoms with Crippen molar-refractivity contribution in [3.63, 3.8) is 0 Å². The fourth-order valence-corrected chi connectivity index (χ4v) is 3.39. The van der Waals surface area contributed by atoms with Crippen molar-refractivity contribution in [2.75, 3.05) is 0 Å². The highest BCUT2D eigenvalue weighted by molar-refractivity contribution is 8.00. The Kier molecular flexibility index (Phi) is 5.64. The van der Waals surface area contributed by atoms with Crippen LogP contribution in [0.1, 0.15) is 16.4 Å². The van der Waals surface area contributed by atoms with Gasteiger partial charge in [0.05, 0.1) is 0 Å². The van der Waals surface area contributed by atoms with Gasteiger partial charge in [-0.15, -0.1) is 11.8 Å². The number of benzene rings is 2. The Balaban J connectivity index is 1.75. The van der Waals surface area contributed by atoms with Gasteiger partial charge in [0.25, 0.3) is 0 Å². The summed E-state index contributed by atoms with van der Waals surface area (Å²) < 4.78 is 0. The van der Waals surface area contributed by atoms with Crippen LogP contribution in [0.2, 0.25) is 0 Å². The van der Waals surface area contributed by atoms with Gasteiger partial charge in [-0.2, -0.15) is 0 Å². The van der Waals surface area contributed by atoms with Gasteiger partial charge >= 0.3 is 0 Å². The van der Waals surface area contributed by atoms with Crippen LogP contribution in [0.3, 0.4) is 0 Å². The van der Waals surface area contributed by atoms with Crippen LogP contribution in [0.5, 0.6) is 0 Å². The van der Waals surface area contributed by atoms with Gasteiger partial charge < -0.3 is 5.32 Å². The molecular formula is C20H18N2OS. The molecule has 1 amide bonds. The number of hydrogen-bond donors (Lipinski definition) is 1. The van der Waals surface area contributed by atoms with Crippen molar-refractivity contribution < 1.29 is 4.79 Å². The van der Waals surface area contributed by atoms with Crippen LogP contribution in [0, 0.1) is 0 Å². The molecule has 0 aliphatic rings. The second-order valence-electron chi connectivity index (χ2n) is 5.29. The summed E-state index contributed by atoms with van der Waals surface area (Å²) in [5.74, 6) is 0.00636. The molecule has 24 heavy (non-hydrogen) atoms. The summed E-state index contributed by atoms with van der Waals surface area (Å²) in [6, 6.07) is 23.7. The number of hydrogen-bond acceptors (Lipinski definition) is 3. The second kappa shape index (κ2) is 8.31. The van der Waals surface area contributed by atoms with Gasteiger partial charge in [-0.3, -0.25) is 9.78 Å². The molecule has 2 aromatic carbocycles. The Bertz CT molecular complexity index is 763. The molecule has 3 nitrogen and oxygen atoms in total. The summed E-state index contributed by atoms with van der Waals surface area (Å²) in [5.41, 5.74) is 2.04. The van der Waals surface area contributed by atoms with Crippen molar-refractivity contribution in [3.8, 4) is 0 Å². The first kappa shape index (κ1) is 16.3. The number of nitrogens with zero attached hydrogens (tertiary/aromatic N) is 1. The number of rotatable bonds is 6. The minimum atomic E-state index is -0.282. The summed E-state index contributed by atoms with van der Waals surface area (Å²) in [4.78, 5) is 17.8. The molecule has 1 heterocycles. The van der Waals surface area contributed by atoms with Crippen molar-refractivity contribution >= 4 is 17.7 Å². The zero-order valence-corrected chi connectivity index (χ0v) is 13.9. The van der Waals surface area contributed by atoms with Crippen molar-refractivity contribution in [3.05, 3.63) is 96.3 Å². The third-order valence-electron chi connectivity index (χ3n) is 3.55. The number of carbonyl (C=O) groups excluding carboxylic acids is 1. The maximum absolute atomic E-state index is 12.8. The van der Waals surface area contributed by atoms with Crippen LogP contribution >= 0.6 is 11.8 Å². The monoisotopic (exact) mass is 334 g/mol. The van der Waals surface area contributed by atoms with E-state index in [9.17, 15) is 4.79 Å². The van der Waals surface area contributed by atoms with Crippen LogP contribution in [0.15, 0.2) is 90.1 Å². The topological polar surface area (TPSA) is 42.0 Å². The summed E-state index contributed by atoms with van der Waals surface area (Å²) in [6.07, 6.45) is 3.46. The quantitative estimate of drug-likeness (QED) is 0.686. The van der Waals surface area contributed by atoms with E-state index in [2.05, 4.69) is 10.3 Å². The molecule has 4 heteroatoms. The zero-order chi connectivity index (χ0) is 16.6. The van der Waals surface area contributed by atoms with E-state index >= 15 is 0 Å². The molecule has 1 atom stereocenters. The molecule has 0 aliphatic carbocycles. The molecule has 120 valence electrons. The van der Waals surface area contributed by atoms with Crippen molar-refractivity contribution in [1.82, 2.24) is 10.3 Å². The van der Waals surface area contributed by atoms with Crippen LogP contribution in [-0.4, -0.2) is 10.9 Å². The molecule has 0 bridgehead atoms. The van der Waals surface area contributed by atoms with E-state index in [1.165, 1.54) is 0 Å². The van der Waals surface area contributed by atoms with E-state index in [-0.39, 0.29) is 11.2 Å². The van der Waals surface area contributed by atoms with E-state index in [1.54, 1.807) is 24.2 Å². The number of pyridine rings is 1. The lowest BCUT2D eigenvalue weighted by atomic mass is 10.1. The average Bonchev–Trinajstić information content (AvgIpc) is 2.66. The Hall–Kier alpha value is -2.59. The molecule has 0 saturated carbocycles. The highest BCUT2D eigenvalue weighted by Gasteiger charge is 2.21. The largest absolute Gasteiger partial charge is 0.351 e. The number of carbonyl (C=O) groups is 1. The Morgan fingerprint density at radius 1 is 0.917 bits per heavy atom. The number of nitrogens with one attached hydrogen (secondary N) is 1. The lowest BCUT2D eigenvalue weighted by Crippen LogP contribution is -2.27. The first-order chi connectivity index (χ1) is 11.8. The summed E-state index contributed by atoms with van der Waals surface area (Å²) >= 11 is 1.56. The molecule has 0 spiro atoms. The van der Waals surface area contributed by atoms with Crippen LogP contribution < -0.4 is 5.32 Å². The lowest BCUT2D eigenvalue weighted by molar-refractivity contribution is -0.120. The highest BCUT2D eigenvalue weighted by Crippen LogP contribution is 2.35. The van der Waals surface area contributed by atoms with Crippen molar-refractivity contribution in [2.45, 2.75) is 16.7 Å². The molecule has 0 radical (unpaired) electrons. The van der Waals surface area contributed by atoms with Gasteiger partial charge in [-0.25, -0.2) is 0 Å². The summed E-state index contributed by atoms with van der Waals surface area (Å²) in [5, 5.41) is 2.75. The summed E-state index contributed by atoms with van der Waals surface area (Å²) in [7, 11) is 0. The molecule has 0 aliphatic heterocycles. The van der Waals surface area contributed by atoms with Gasteiger partial charge in [0.15, 0.2) is 0 Å². The minimum absolute atomic E-state index is 0.00636. The van der Waals surface area contributed by atoms with E-state index in [4.69, 9.17) is 0 Å². The van der Waals surface area contributed by atoms with E-state index < -0.39 is 0 Å². The van der Waals surface area contributed by atoms with Crippen LogP contribution in [0.25, 0.3) is 0 Å². The maximum atomic E-state index is 12.8. The first-order valence-electron chi connectivity index (χ1n) is 7.76. The molecule has 0 fully saturated rings. The third kappa shape index (κ3) is 4.46. The van der Waals surface area contributed by atoms with E-state index in [1.807, 2.05) is 72.8 Å². The standard InChI is InChI=1S/C20H18N2OS/c23-20(22-15-16-11-13-21-14-12-16)19(17-7-3-1-4-8-17)24-18-9-5-2-6-10-18/h1-14,19H,15H2,(H,22,23)/t19-/m0/s1. The fourth-order valence-electron chi connectivity index (χ4n) is 2.32. The fraction of sp³-hybridized carbons (Fsp3) is 0.100. The molecule has 0 saturated heterocycles. The smallest absolute Gasteiger partial charge is 0.238 e. The van der Waals surface area contributed by atoms with E-state index in [0.29, 0.717) is 6.54 Å². The lowest BCUT2D eigenvalue weighted by Gasteiger charge is -2.17. The normalized spacial score (nSPS) is 11.7. The predicted molar refractivity (Wildman–Crippen MR) is 97.6 cm³/mol. The molecule has 1 N–H and O–H groups in total. The molecule has 3 rings (SSSR count). The van der Waals surface area contributed by atoms with Crippen molar-refractivity contribution in [1.29, 1.82) is 0 Å². The molecular weight excluding hydrogens is 316 g/mol.